The van der Waals surface area contributed by atoms with Crippen LogP contribution in [0.25, 0.3) is 55.2 Å². The minimum atomic E-state index is -0.483. The number of unbranched alkanes of at least 4 members (excludes halogenated alkanes) is 2. The topological polar surface area (TPSA) is 504 Å². The molecule has 11 heterocycles. The minimum Gasteiger partial charge on any atom is -0.495 e. The molecule has 11 aromatic rings. The average molecular weight is 1450 g/mol. The predicted molar refractivity (Wildman–Crippen MR) is 407 cm³/mol. The third kappa shape index (κ3) is 24.7. The second kappa shape index (κ2) is 41.8. The molecule has 0 aliphatic heterocycles. The molecule has 560 valence electrons. The molecule has 0 aliphatic rings. The Bertz CT molecular complexity index is 4530. The number of nitrogen functional groups attached to an aromatic ring is 5. The number of aryl methyl sites for hydroxylation is 2. The first-order chi connectivity index (χ1) is 50.7. The van der Waals surface area contributed by atoms with Gasteiger partial charge in [0.1, 0.15) is 50.5 Å². The highest BCUT2D eigenvalue weighted by Gasteiger charge is 2.22. The summed E-state index contributed by atoms with van der Waals surface area (Å²) in [6.45, 7) is 12.3. The molecular formula is C71H96F2N26O6. The van der Waals surface area contributed by atoms with E-state index in [9.17, 15) is 34.0 Å². The van der Waals surface area contributed by atoms with Gasteiger partial charge in [0.25, 0.3) is 0 Å². The van der Waals surface area contributed by atoms with Gasteiger partial charge in [-0.05, 0) is 81.8 Å². The minimum absolute atomic E-state index is 0.0212. The molecule has 0 unspecified atom stereocenters. The van der Waals surface area contributed by atoms with Crippen molar-refractivity contribution in [2.45, 2.75) is 162 Å². The maximum Gasteiger partial charge on any atom is 0.222 e. The van der Waals surface area contributed by atoms with Crippen LogP contribution < -0.4 is 60.0 Å². The lowest BCUT2D eigenvalue weighted by Gasteiger charge is -2.18. The van der Waals surface area contributed by atoms with E-state index >= 15 is 0 Å². The largest absolute Gasteiger partial charge is 0.495 e. The first-order valence-electron chi connectivity index (χ1n) is 34.9. The summed E-state index contributed by atoms with van der Waals surface area (Å²) in [6.07, 6.45) is 19.1. The number of nitrogens with one attached hydrogen (secondary N) is 5. The van der Waals surface area contributed by atoms with E-state index in [4.69, 9.17) is 33.4 Å². The third-order valence-corrected chi connectivity index (χ3v) is 15.9. The summed E-state index contributed by atoms with van der Waals surface area (Å²) in [6, 6.07) is 16.6. The lowest BCUT2D eigenvalue weighted by molar-refractivity contribution is -0.119. The van der Waals surface area contributed by atoms with Gasteiger partial charge in [0.15, 0.2) is 34.9 Å². The van der Waals surface area contributed by atoms with E-state index in [0.717, 1.165) is 94.4 Å². The van der Waals surface area contributed by atoms with Gasteiger partial charge in [0, 0.05) is 48.4 Å². The molecule has 19 N–H and O–H groups in total. The maximum absolute atomic E-state index is 13.2. The molecule has 0 amide bonds. The number of aliphatic hydroxyl groups excluding tert-OH is 4. The molecule has 5 atom stereocenters. The second-order valence-electron chi connectivity index (χ2n) is 24.4. The van der Waals surface area contributed by atoms with E-state index in [-0.39, 0.29) is 92.2 Å². The van der Waals surface area contributed by atoms with Crippen molar-refractivity contribution in [2.24, 2.45) is 0 Å². The van der Waals surface area contributed by atoms with Crippen molar-refractivity contribution in [3.63, 3.8) is 0 Å². The number of methoxy groups -OCH3 is 1. The maximum atomic E-state index is 13.2. The van der Waals surface area contributed by atoms with Crippen LogP contribution in [-0.4, -0.2) is 170 Å². The van der Waals surface area contributed by atoms with Crippen LogP contribution in [0.15, 0.2) is 91.6 Å². The SMILES string of the molecule is CCCC[C@@H](CO)Nc1nc(N)nc2cc(F)cnc12.CCCC[C@@H](CO)Nc1nc(N)nc2ccc(C)nc12.CCC[C@@H](CO)Nc1nc(N)nc2cc(F)cnc12.CCC[C@@H](CO)Nc1nc(N)nc2cc(OC)cnc12.CCC[C@H](Nc1nc(N)nc2cccnc12)C(=O)CCc1ccccn1. The highest BCUT2D eigenvalue weighted by Crippen LogP contribution is 2.28. The number of carbonyl (C=O) groups excluding carboxylic acids is 1. The summed E-state index contributed by atoms with van der Waals surface area (Å²) in [5, 5.41) is 53.3. The van der Waals surface area contributed by atoms with Crippen molar-refractivity contribution in [1.29, 1.82) is 0 Å². The van der Waals surface area contributed by atoms with Crippen molar-refractivity contribution in [2.75, 3.05) is 88.8 Å². The number of halogens is 2. The number of nitrogens with two attached hydrogens (primary N) is 5. The number of anilines is 10. The summed E-state index contributed by atoms with van der Waals surface area (Å²) in [5.74, 6) is 2.81. The average Bonchev–Trinajstić information content (AvgIpc) is 0.839. The molecule has 0 spiro atoms. The normalized spacial score (nSPS) is 12.4. The molecule has 34 heteroatoms. The van der Waals surface area contributed by atoms with E-state index in [1.807, 2.05) is 57.2 Å². The van der Waals surface area contributed by atoms with Gasteiger partial charge in [-0.25, -0.2) is 53.6 Å². The summed E-state index contributed by atoms with van der Waals surface area (Å²) in [7, 11) is 1.57. The van der Waals surface area contributed by atoms with Gasteiger partial charge >= 0.3 is 0 Å². The second-order valence-corrected chi connectivity index (χ2v) is 24.4. The number of pyridine rings is 6. The van der Waals surface area contributed by atoms with E-state index in [0.29, 0.717) is 109 Å². The van der Waals surface area contributed by atoms with Gasteiger partial charge in [-0.3, -0.25) is 14.8 Å². The number of carbonyl (C=O) groups is 1. The predicted octanol–water partition coefficient (Wildman–Crippen LogP) is 8.88. The highest BCUT2D eigenvalue weighted by molar-refractivity contribution is 5.92. The number of rotatable bonds is 31. The molecule has 0 bridgehead atoms. The Morgan fingerprint density at radius 3 is 1.29 bits per heavy atom. The highest BCUT2D eigenvalue weighted by atomic mass is 19.1. The van der Waals surface area contributed by atoms with Crippen molar-refractivity contribution in [3.8, 4) is 5.75 Å². The van der Waals surface area contributed by atoms with Crippen molar-refractivity contribution < 1.29 is 38.7 Å². The molecule has 32 nitrogen and oxygen atoms in total. The third-order valence-electron chi connectivity index (χ3n) is 15.9. The molecule has 105 heavy (non-hydrogen) atoms. The zero-order valence-corrected chi connectivity index (χ0v) is 60.2. The molecule has 0 saturated carbocycles. The van der Waals surface area contributed by atoms with Gasteiger partial charge in [-0.2, -0.15) is 24.9 Å². The van der Waals surface area contributed by atoms with Gasteiger partial charge in [-0.1, -0.05) is 85.6 Å². The van der Waals surface area contributed by atoms with E-state index in [1.54, 1.807) is 37.8 Å². The van der Waals surface area contributed by atoms with Crippen LogP contribution >= 0.6 is 0 Å². The number of fused-ring (bicyclic) bond motifs is 5. The van der Waals surface area contributed by atoms with Gasteiger partial charge in [0.05, 0.1) is 104 Å². The molecule has 0 radical (unpaired) electrons. The molecular weight excluding hydrogens is 1350 g/mol. The first kappa shape index (κ1) is 81.1. The number of nitrogens with zero attached hydrogens (tertiary/aromatic N) is 16. The Balaban J connectivity index is 0.000000184. The van der Waals surface area contributed by atoms with Crippen LogP contribution in [0.3, 0.4) is 0 Å². The Labute approximate surface area is 606 Å². The quantitative estimate of drug-likeness (QED) is 0.0193. The van der Waals surface area contributed by atoms with Gasteiger partial charge in [-0.15, -0.1) is 0 Å². The fourth-order valence-electron chi connectivity index (χ4n) is 10.7. The van der Waals surface area contributed by atoms with Crippen LogP contribution in [0.5, 0.6) is 5.75 Å². The lowest BCUT2D eigenvalue weighted by atomic mass is 10.0. The number of ketones is 1. The van der Waals surface area contributed by atoms with Crippen LogP contribution in [-0.2, 0) is 11.2 Å². The zero-order valence-electron chi connectivity index (χ0n) is 60.2. The van der Waals surface area contributed by atoms with Crippen LogP contribution in [0, 0.1) is 18.6 Å². The van der Waals surface area contributed by atoms with Crippen LogP contribution in [0.1, 0.15) is 129 Å². The lowest BCUT2D eigenvalue weighted by Crippen LogP contribution is -2.30. The van der Waals surface area contributed by atoms with Crippen LogP contribution in [0.2, 0.25) is 0 Å². The molecule has 11 aromatic heterocycles. The summed E-state index contributed by atoms with van der Waals surface area (Å²) < 4.78 is 31.4. The molecule has 0 saturated heterocycles. The summed E-state index contributed by atoms with van der Waals surface area (Å²) in [5.41, 5.74) is 35.7. The van der Waals surface area contributed by atoms with Crippen molar-refractivity contribution in [3.05, 3.63) is 115 Å². The van der Waals surface area contributed by atoms with Gasteiger partial charge in [0.2, 0.25) is 29.7 Å². The standard InChI is InChI=1S/C19H22N6O.C14H21N5O.C13H18FN5O.C13H19N5O2.C12H16FN5O/c1-2-6-14(16(26)10-9-13-7-3-4-11-21-13)23-18-17-15(8-5-12-22-17)24-19(20)25-18;1-3-4-5-10(8-20)17-13-12-11(18-14(15)19-13)7-6-9(2)16-12;1-2-3-4-9(7-20)17-12-11-10(18-13(15)19-12)5-8(14)6-16-11;1-3-4-8(7-19)16-12-11-10(17-13(14)18-12)5-9(20-2)6-15-11;1-2-3-8(6-19)16-11-10-9(17-12(14)18-11)4-7(13)5-15-10/h3-5,7-8,11-12,14H,2,6,9-10H2,1H3,(H3,20,23,24,25);6-7,10,20H,3-5,8H2,1-2H3,(H3,15,17,18,19);5-6,9,20H,2-4,7H2,1H3,(H3,15,17,18,19);5-6,8,19H,3-4,7H2,1-2H3,(H3,14,16,17,18);4-5,8,19H,2-3,6H2,1H3,(H3,14,16,17,18)/t14-;10-;9-;2*8-/m00000/s1. The monoisotopic (exact) mass is 1450 g/mol. The Hall–Kier alpha value is -11.2. The Morgan fingerprint density at radius 2 is 0.848 bits per heavy atom. The number of hydrogen-bond acceptors (Lipinski definition) is 32. The fourth-order valence-corrected chi connectivity index (χ4v) is 10.7. The Morgan fingerprint density at radius 1 is 0.438 bits per heavy atom. The number of aromatic nitrogens is 16. The zero-order chi connectivity index (χ0) is 75.8. The molecule has 0 aromatic carbocycles. The summed E-state index contributed by atoms with van der Waals surface area (Å²) in [4.78, 5) is 79.2. The number of hydrogen-bond donors (Lipinski definition) is 14. The van der Waals surface area contributed by atoms with E-state index < -0.39 is 11.6 Å². The van der Waals surface area contributed by atoms with Crippen molar-refractivity contribution in [1.82, 2.24) is 79.7 Å². The van der Waals surface area contributed by atoms with E-state index in [1.165, 1.54) is 12.1 Å². The molecule has 0 aliphatic carbocycles. The number of Topliss-reactive ketones (excluding diaryl/α,β-unsaturated/α-hetero) is 1. The first-order valence-corrected chi connectivity index (χ1v) is 34.9. The smallest absolute Gasteiger partial charge is 0.222 e. The number of ether oxygens (including phenoxy) is 1. The molecule has 11 rings (SSSR count). The molecule has 0 fully saturated rings. The summed E-state index contributed by atoms with van der Waals surface area (Å²) >= 11 is 0. The van der Waals surface area contributed by atoms with E-state index in [2.05, 4.69) is 127 Å². The fraction of sp³-hybridized carbons (Fsp3) is 0.423. The van der Waals surface area contributed by atoms with Crippen molar-refractivity contribution >= 4 is 120 Å². The van der Waals surface area contributed by atoms with Crippen LogP contribution in [0.4, 0.5) is 67.6 Å². The number of aliphatic hydroxyl groups is 4. The van der Waals surface area contributed by atoms with Gasteiger partial charge < -0.3 is 80.4 Å². The Kier molecular flexibility index (Phi) is 32.2.